The molecule has 0 radical (unpaired) electrons. The Morgan fingerprint density at radius 1 is 1.53 bits per heavy atom. The van der Waals surface area contributed by atoms with Crippen LogP contribution < -0.4 is 5.73 Å². The zero-order valence-electron chi connectivity index (χ0n) is 9.61. The first kappa shape index (κ1) is 11.4. The van der Waals surface area contributed by atoms with Crippen LogP contribution in [0.4, 0.5) is 0 Å². The van der Waals surface area contributed by atoms with Crippen molar-refractivity contribution in [2.75, 3.05) is 6.54 Å². The van der Waals surface area contributed by atoms with Crippen LogP contribution in [0.5, 0.6) is 0 Å². The van der Waals surface area contributed by atoms with Crippen molar-refractivity contribution < 1.29 is 9.84 Å². The highest BCUT2D eigenvalue weighted by Gasteiger charge is 2.54. The van der Waals surface area contributed by atoms with E-state index in [4.69, 9.17) is 10.5 Å². The maximum absolute atomic E-state index is 10.3. The van der Waals surface area contributed by atoms with Crippen molar-refractivity contribution in [2.45, 2.75) is 63.8 Å². The average Bonchev–Trinajstić information content (AvgIpc) is 2.85. The SMILES string of the molecule is CCCCC(O)C1(CN)CC2CCC1O2. The van der Waals surface area contributed by atoms with Crippen molar-refractivity contribution in [3.63, 3.8) is 0 Å². The van der Waals surface area contributed by atoms with Crippen LogP contribution in [0.1, 0.15) is 45.4 Å². The van der Waals surface area contributed by atoms with E-state index in [9.17, 15) is 5.11 Å². The van der Waals surface area contributed by atoms with Gasteiger partial charge >= 0.3 is 0 Å². The van der Waals surface area contributed by atoms with E-state index in [0.29, 0.717) is 12.6 Å². The second-order valence-corrected chi connectivity index (χ2v) is 5.12. The molecule has 2 rings (SSSR count). The Morgan fingerprint density at radius 3 is 2.80 bits per heavy atom. The van der Waals surface area contributed by atoms with Gasteiger partial charge in [0, 0.05) is 12.0 Å². The van der Waals surface area contributed by atoms with Gasteiger partial charge in [0.1, 0.15) is 0 Å². The van der Waals surface area contributed by atoms with Gasteiger partial charge in [0.05, 0.1) is 18.3 Å². The normalized spacial score (nSPS) is 41.0. The number of hydrogen-bond donors (Lipinski definition) is 2. The lowest BCUT2D eigenvalue weighted by molar-refractivity contribution is -0.0293. The lowest BCUT2D eigenvalue weighted by Crippen LogP contribution is -2.48. The van der Waals surface area contributed by atoms with E-state index in [1.54, 1.807) is 0 Å². The van der Waals surface area contributed by atoms with Gasteiger partial charge in [0.2, 0.25) is 0 Å². The molecule has 2 heterocycles. The number of nitrogens with two attached hydrogens (primary N) is 1. The first-order chi connectivity index (χ1) is 7.23. The molecule has 3 nitrogen and oxygen atoms in total. The highest BCUT2D eigenvalue weighted by Crippen LogP contribution is 2.50. The van der Waals surface area contributed by atoms with E-state index >= 15 is 0 Å². The Kier molecular flexibility index (Phi) is 3.33. The van der Waals surface area contributed by atoms with Crippen molar-refractivity contribution in [3.05, 3.63) is 0 Å². The van der Waals surface area contributed by atoms with Crippen LogP contribution in [0.25, 0.3) is 0 Å². The van der Waals surface area contributed by atoms with Crippen molar-refractivity contribution in [3.8, 4) is 0 Å². The summed E-state index contributed by atoms with van der Waals surface area (Å²) in [6, 6.07) is 0. The minimum atomic E-state index is -0.266. The van der Waals surface area contributed by atoms with E-state index in [-0.39, 0.29) is 17.6 Å². The third-order valence-electron chi connectivity index (χ3n) is 4.23. The molecule has 2 bridgehead atoms. The second kappa shape index (κ2) is 4.40. The lowest BCUT2D eigenvalue weighted by atomic mass is 9.69. The molecule has 0 saturated carbocycles. The van der Waals surface area contributed by atoms with Gasteiger partial charge in [-0.3, -0.25) is 0 Å². The molecule has 88 valence electrons. The highest BCUT2D eigenvalue weighted by atomic mass is 16.5. The third kappa shape index (κ3) is 1.81. The molecule has 0 amide bonds. The lowest BCUT2D eigenvalue weighted by Gasteiger charge is -2.38. The number of rotatable bonds is 5. The van der Waals surface area contributed by atoms with Crippen LogP contribution in [0.15, 0.2) is 0 Å². The van der Waals surface area contributed by atoms with E-state index in [1.165, 1.54) is 0 Å². The summed E-state index contributed by atoms with van der Waals surface area (Å²) >= 11 is 0. The summed E-state index contributed by atoms with van der Waals surface area (Å²) in [6.07, 6.45) is 6.64. The molecule has 2 aliphatic heterocycles. The molecule has 4 unspecified atom stereocenters. The Hall–Kier alpha value is -0.120. The molecule has 0 aromatic carbocycles. The fraction of sp³-hybridized carbons (Fsp3) is 1.00. The Labute approximate surface area is 92.0 Å². The average molecular weight is 213 g/mol. The first-order valence-corrected chi connectivity index (χ1v) is 6.26. The number of unbranched alkanes of at least 4 members (excludes halogenated alkanes) is 1. The molecule has 0 spiro atoms. The van der Waals surface area contributed by atoms with Crippen LogP contribution in [-0.4, -0.2) is 30.0 Å². The minimum absolute atomic E-state index is 0.127. The molecular formula is C12H23NO2. The van der Waals surface area contributed by atoms with Gasteiger partial charge in [0.15, 0.2) is 0 Å². The minimum Gasteiger partial charge on any atom is -0.392 e. The van der Waals surface area contributed by atoms with E-state index in [0.717, 1.165) is 38.5 Å². The fourth-order valence-corrected chi connectivity index (χ4v) is 3.22. The number of aliphatic hydroxyl groups is 1. The van der Waals surface area contributed by atoms with E-state index in [2.05, 4.69) is 6.92 Å². The van der Waals surface area contributed by atoms with Gasteiger partial charge in [-0.05, 0) is 25.7 Å². The van der Waals surface area contributed by atoms with Crippen LogP contribution in [0.3, 0.4) is 0 Å². The predicted octanol–water partition coefficient (Wildman–Crippen LogP) is 1.43. The van der Waals surface area contributed by atoms with Gasteiger partial charge in [-0.2, -0.15) is 0 Å². The van der Waals surface area contributed by atoms with Crippen molar-refractivity contribution in [1.82, 2.24) is 0 Å². The maximum Gasteiger partial charge on any atom is 0.0673 e. The van der Waals surface area contributed by atoms with E-state index in [1.807, 2.05) is 0 Å². The summed E-state index contributed by atoms with van der Waals surface area (Å²) in [4.78, 5) is 0. The Balaban J connectivity index is 2.02. The van der Waals surface area contributed by atoms with E-state index < -0.39 is 0 Å². The van der Waals surface area contributed by atoms with Gasteiger partial charge in [-0.25, -0.2) is 0 Å². The number of fused-ring (bicyclic) bond motifs is 2. The molecule has 2 saturated heterocycles. The molecule has 4 atom stereocenters. The number of aliphatic hydroxyl groups excluding tert-OH is 1. The zero-order valence-corrected chi connectivity index (χ0v) is 9.61. The summed E-state index contributed by atoms with van der Waals surface area (Å²) in [6.45, 7) is 2.72. The topological polar surface area (TPSA) is 55.5 Å². The molecule has 2 fully saturated rings. The Morgan fingerprint density at radius 2 is 2.33 bits per heavy atom. The molecule has 3 N–H and O–H groups in total. The smallest absolute Gasteiger partial charge is 0.0673 e. The molecule has 2 aliphatic rings. The fourth-order valence-electron chi connectivity index (χ4n) is 3.22. The van der Waals surface area contributed by atoms with Crippen LogP contribution in [0, 0.1) is 5.41 Å². The Bertz CT molecular complexity index is 222. The first-order valence-electron chi connectivity index (χ1n) is 6.26. The van der Waals surface area contributed by atoms with Crippen LogP contribution >= 0.6 is 0 Å². The standard InChI is InChI=1S/C12H23NO2/c1-2-3-4-10(14)12(8-13)7-9-5-6-11(12)15-9/h9-11,14H,2-8,13H2,1H3. The van der Waals surface area contributed by atoms with Gasteiger partial charge in [0.25, 0.3) is 0 Å². The summed E-state index contributed by atoms with van der Waals surface area (Å²) in [5, 5.41) is 10.3. The molecule has 15 heavy (non-hydrogen) atoms. The monoisotopic (exact) mass is 213 g/mol. The summed E-state index contributed by atoms with van der Waals surface area (Å²) < 4.78 is 5.84. The van der Waals surface area contributed by atoms with Crippen molar-refractivity contribution in [1.29, 1.82) is 0 Å². The van der Waals surface area contributed by atoms with Gasteiger partial charge in [-0.1, -0.05) is 19.8 Å². The molecule has 0 aromatic heterocycles. The highest BCUT2D eigenvalue weighted by molar-refractivity contribution is 5.04. The van der Waals surface area contributed by atoms with Crippen LogP contribution in [-0.2, 0) is 4.74 Å². The largest absolute Gasteiger partial charge is 0.392 e. The zero-order chi connectivity index (χ0) is 10.9. The summed E-state index contributed by atoms with van der Waals surface area (Å²) in [5.41, 5.74) is 5.76. The number of hydrogen-bond acceptors (Lipinski definition) is 3. The molecule has 0 aliphatic carbocycles. The van der Waals surface area contributed by atoms with Crippen molar-refractivity contribution >= 4 is 0 Å². The van der Waals surface area contributed by atoms with Gasteiger partial charge in [-0.15, -0.1) is 0 Å². The maximum atomic E-state index is 10.3. The molecule has 3 heteroatoms. The second-order valence-electron chi connectivity index (χ2n) is 5.12. The molecular weight excluding hydrogens is 190 g/mol. The third-order valence-corrected chi connectivity index (χ3v) is 4.23. The predicted molar refractivity (Wildman–Crippen MR) is 59.5 cm³/mol. The quantitative estimate of drug-likeness (QED) is 0.726. The summed E-state index contributed by atoms with van der Waals surface area (Å²) in [7, 11) is 0. The molecule has 0 aromatic rings. The van der Waals surface area contributed by atoms with Gasteiger partial charge < -0.3 is 15.6 Å². The van der Waals surface area contributed by atoms with Crippen LogP contribution in [0.2, 0.25) is 0 Å². The number of ether oxygens (including phenoxy) is 1. The summed E-state index contributed by atoms with van der Waals surface area (Å²) in [5.74, 6) is 0. The van der Waals surface area contributed by atoms with Crippen molar-refractivity contribution in [2.24, 2.45) is 11.1 Å².